The second kappa shape index (κ2) is 8.23. The molecular formula is C21H26ClN3O3. The number of aryl methyl sites for hydroxylation is 1. The van der Waals surface area contributed by atoms with Crippen LogP contribution in [0.25, 0.3) is 5.69 Å². The molecule has 150 valence electrons. The maximum absolute atomic E-state index is 13.0. The molecular weight excluding hydrogens is 378 g/mol. The van der Waals surface area contributed by atoms with E-state index in [-0.39, 0.29) is 18.1 Å². The Balaban J connectivity index is 1.47. The van der Waals surface area contributed by atoms with E-state index in [4.69, 9.17) is 21.1 Å². The first-order chi connectivity index (χ1) is 13.5. The fourth-order valence-corrected chi connectivity index (χ4v) is 4.26. The molecule has 6 nitrogen and oxygen atoms in total. The summed E-state index contributed by atoms with van der Waals surface area (Å²) in [7, 11) is 0. The number of carbonyl (C=O) groups is 1. The average Bonchev–Trinajstić information content (AvgIpc) is 3.33. The Morgan fingerprint density at radius 1 is 1.21 bits per heavy atom. The topological polar surface area (TPSA) is 56.6 Å². The number of halogens is 1. The molecule has 0 spiro atoms. The normalized spacial score (nSPS) is 20.7. The molecule has 1 amide bonds. The number of amides is 1. The van der Waals surface area contributed by atoms with Gasteiger partial charge in [0.25, 0.3) is 0 Å². The predicted molar refractivity (Wildman–Crippen MR) is 107 cm³/mol. The zero-order chi connectivity index (χ0) is 19.7. The number of nitrogens with zero attached hydrogens (tertiary/aromatic N) is 3. The molecule has 1 unspecified atom stereocenters. The molecule has 0 radical (unpaired) electrons. The summed E-state index contributed by atoms with van der Waals surface area (Å²) in [5.74, 6) is 0.406. The van der Waals surface area contributed by atoms with Gasteiger partial charge < -0.3 is 14.4 Å². The van der Waals surface area contributed by atoms with Crippen molar-refractivity contribution in [3.8, 4) is 5.69 Å². The third-order valence-electron chi connectivity index (χ3n) is 5.68. The number of hydrogen-bond acceptors (Lipinski definition) is 4. The predicted octanol–water partition coefficient (Wildman–Crippen LogP) is 3.30. The van der Waals surface area contributed by atoms with Gasteiger partial charge in [-0.05, 0) is 51.0 Å². The molecule has 2 saturated heterocycles. The van der Waals surface area contributed by atoms with E-state index in [0.717, 1.165) is 42.0 Å². The maximum Gasteiger partial charge on any atom is 0.227 e. The highest BCUT2D eigenvalue weighted by atomic mass is 35.5. The van der Waals surface area contributed by atoms with Crippen LogP contribution in [0.2, 0.25) is 5.02 Å². The van der Waals surface area contributed by atoms with Crippen LogP contribution in [0.1, 0.15) is 29.8 Å². The van der Waals surface area contributed by atoms with Gasteiger partial charge in [-0.25, -0.2) is 4.68 Å². The third kappa shape index (κ3) is 3.95. The van der Waals surface area contributed by atoms with Crippen LogP contribution in [-0.4, -0.2) is 53.2 Å². The lowest BCUT2D eigenvalue weighted by Gasteiger charge is -2.34. The number of rotatable bonds is 4. The van der Waals surface area contributed by atoms with Gasteiger partial charge in [-0.2, -0.15) is 5.10 Å². The fourth-order valence-electron chi connectivity index (χ4n) is 4.13. The molecule has 0 aliphatic carbocycles. The average molecular weight is 404 g/mol. The van der Waals surface area contributed by atoms with E-state index >= 15 is 0 Å². The summed E-state index contributed by atoms with van der Waals surface area (Å²) in [4.78, 5) is 15.0. The van der Waals surface area contributed by atoms with E-state index in [2.05, 4.69) is 5.10 Å². The lowest BCUT2D eigenvalue weighted by Crippen LogP contribution is -2.44. The highest BCUT2D eigenvalue weighted by molar-refractivity contribution is 6.30. The van der Waals surface area contributed by atoms with Gasteiger partial charge in [0.15, 0.2) is 6.29 Å². The van der Waals surface area contributed by atoms with Crippen LogP contribution in [0.15, 0.2) is 24.3 Å². The first kappa shape index (κ1) is 19.4. The van der Waals surface area contributed by atoms with Crippen LogP contribution in [-0.2, 0) is 20.7 Å². The number of likely N-dealkylation sites (tertiary alicyclic amines) is 1. The Bertz CT molecular complexity index is 843. The van der Waals surface area contributed by atoms with Gasteiger partial charge in [0.05, 0.1) is 31.0 Å². The molecule has 3 heterocycles. The molecule has 1 atom stereocenters. The number of carbonyl (C=O) groups excluding carboxylic acids is 1. The van der Waals surface area contributed by atoms with Gasteiger partial charge >= 0.3 is 0 Å². The summed E-state index contributed by atoms with van der Waals surface area (Å²) in [5, 5.41) is 5.34. The minimum Gasteiger partial charge on any atom is -0.350 e. The largest absolute Gasteiger partial charge is 0.350 e. The second-order valence-electron chi connectivity index (χ2n) is 7.57. The third-order valence-corrected chi connectivity index (χ3v) is 5.94. The van der Waals surface area contributed by atoms with Gasteiger partial charge in [0, 0.05) is 35.3 Å². The summed E-state index contributed by atoms with van der Waals surface area (Å²) in [6.45, 7) is 6.77. The number of aromatic nitrogens is 2. The van der Waals surface area contributed by atoms with Crippen LogP contribution < -0.4 is 0 Å². The van der Waals surface area contributed by atoms with Gasteiger partial charge in [0.1, 0.15) is 0 Å². The van der Waals surface area contributed by atoms with Crippen LogP contribution in [0.4, 0.5) is 0 Å². The summed E-state index contributed by atoms with van der Waals surface area (Å²) in [5.41, 5.74) is 3.81. The standard InChI is InChI=1S/C21H26ClN3O3/c1-14-19(15(2)25(23-14)18-7-5-17(22)6-8-18)12-20(26)24-9-3-4-16(13-24)21-27-10-11-28-21/h5-8,16,21H,3-4,9-13H2,1-2H3. The zero-order valence-corrected chi connectivity index (χ0v) is 17.1. The van der Waals surface area contributed by atoms with E-state index in [0.29, 0.717) is 31.2 Å². The molecule has 1 aromatic heterocycles. The van der Waals surface area contributed by atoms with Crippen LogP contribution in [0, 0.1) is 19.8 Å². The highest BCUT2D eigenvalue weighted by Gasteiger charge is 2.33. The van der Waals surface area contributed by atoms with Crippen LogP contribution >= 0.6 is 11.6 Å². The second-order valence-corrected chi connectivity index (χ2v) is 8.00. The quantitative estimate of drug-likeness (QED) is 0.786. The summed E-state index contributed by atoms with van der Waals surface area (Å²) < 4.78 is 13.2. The van der Waals surface area contributed by atoms with E-state index in [9.17, 15) is 4.79 Å². The molecule has 0 bridgehead atoms. The molecule has 28 heavy (non-hydrogen) atoms. The van der Waals surface area contributed by atoms with Crippen molar-refractivity contribution in [2.75, 3.05) is 26.3 Å². The van der Waals surface area contributed by atoms with Gasteiger partial charge in [0.2, 0.25) is 5.91 Å². The molecule has 0 saturated carbocycles. The smallest absolute Gasteiger partial charge is 0.227 e. The Hall–Kier alpha value is -1.89. The number of hydrogen-bond donors (Lipinski definition) is 0. The first-order valence-corrected chi connectivity index (χ1v) is 10.2. The van der Waals surface area contributed by atoms with Gasteiger partial charge in [-0.3, -0.25) is 4.79 Å². The van der Waals surface area contributed by atoms with Crippen molar-refractivity contribution in [3.63, 3.8) is 0 Å². The monoisotopic (exact) mass is 403 g/mol. The van der Waals surface area contributed by atoms with Crippen molar-refractivity contribution in [2.24, 2.45) is 5.92 Å². The van der Waals surface area contributed by atoms with Crippen molar-refractivity contribution in [2.45, 2.75) is 39.4 Å². The van der Waals surface area contributed by atoms with Crippen LogP contribution in [0.3, 0.4) is 0 Å². The van der Waals surface area contributed by atoms with E-state index in [1.807, 2.05) is 47.7 Å². The molecule has 2 fully saturated rings. The minimum absolute atomic E-state index is 0.143. The summed E-state index contributed by atoms with van der Waals surface area (Å²) >= 11 is 5.99. The Labute approximate surface area is 170 Å². The van der Waals surface area contributed by atoms with E-state index in [1.165, 1.54) is 0 Å². The Morgan fingerprint density at radius 2 is 1.93 bits per heavy atom. The molecule has 0 N–H and O–H groups in total. The molecule has 2 aromatic rings. The lowest BCUT2D eigenvalue weighted by atomic mass is 9.96. The Morgan fingerprint density at radius 3 is 2.64 bits per heavy atom. The van der Waals surface area contributed by atoms with Crippen molar-refractivity contribution < 1.29 is 14.3 Å². The molecule has 4 rings (SSSR count). The van der Waals surface area contributed by atoms with E-state index in [1.54, 1.807) is 0 Å². The highest BCUT2D eigenvalue weighted by Crippen LogP contribution is 2.26. The first-order valence-electron chi connectivity index (χ1n) is 9.85. The van der Waals surface area contributed by atoms with Crippen molar-refractivity contribution >= 4 is 17.5 Å². The van der Waals surface area contributed by atoms with Gasteiger partial charge in [-0.1, -0.05) is 11.6 Å². The van der Waals surface area contributed by atoms with E-state index < -0.39 is 0 Å². The van der Waals surface area contributed by atoms with Gasteiger partial charge in [-0.15, -0.1) is 0 Å². The maximum atomic E-state index is 13.0. The lowest BCUT2D eigenvalue weighted by molar-refractivity contribution is -0.138. The zero-order valence-electron chi connectivity index (χ0n) is 16.4. The number of ether oxygens (including phenoxy) is 2. The molecule has 2 aliphatic rings. The molecule has 1 aromatic carbocycles. The van der Waals surface area contributed by atoms with Crippen molar-refractivity contribution in [1.82, 2.24) is 14.7 Å². The summed E-state index contributed by atoms with van der Waals surface area (Å²) in [6, 6.07) is 7.56. The number of benzene rings is 1. The Kier molecular flexibility index (Phi) is 5.71. The molecule has 2 aliphatic heterocycles. The van der Waals surface area contributed by atoms with Crippen molar-refractivity contribution in [3.05, 3.63) is 46.2 Å². The van der Waals surface area contributed by atoms with Crippen molar-refractivity contribution in [1.29, 1.82) is 0 Å². The summed E-state index contributed by atoms with van der Waals surface area (Å²) in [6.07, 6.45) is 2.24. The fraction of sp³-hybridized carbons (Fsp3) is 0.524. The van der Waals surface area contributed by atoms with Crippen LogP contribution in [0.5, 0.6) is 0 Å². The number of piperidine rings is 1. The molecule has 7 heteroatoms. The minimum atomic E-state index is -0.160. The SMILES string of the molecule is Cc1nn(-c2ccc(Cl)cc2)c(C)c1CC(=O)N1CCCC(C2OCCO2)C1.